The van der Waals surface area contributed by atoms with Crippen molar-refractivity contribution in [3.05, 3.63) is 0 Å². The van der Waals surface area contributed by atoms with Crippen LogP contribution < -0.4 is 5.32 Å². The highest BCUT2D eigenvalue weighted by molar-refractivity contribution is 5.78. The lowest BCUT2D eigenvalue weighted by Gasteiger charge is -2.34. The first kappa shape index (κ1) is 14.8. The molecule has 2 amide bonds. The van der Waals surface area contributed by atoms with Gasteiger partial charge in [0.05, 0.1) is 6.54 Å². The molecule has 2 atom stereocenters. The van der Waals surface area contributed by atoms with Crippen molar-refractivity contribution >= 4 is 11.8 Å². The Morgan fingerprint density at radius 1 is 1.05 bits per heavy atom. The van der Waals surface area contributed by atoms with E-state index in [0.29, 0.717) is 18.6 Å². The minimum absolute atomic E-state index is 0.154. The van der Waals surface area contributed by atoms with E-state index < -0.39 is 0 Å². The lowest BCUT2D eigenvalue weighted by Crippen LogP contribution is -2.50. The van der Waals surface area contributed by atoms with Crippen molar-refractivity contribution in [1.29, 1.82) is 0 Å². The number of hydrogen-bond donors (Lipinski definition) is 1. The number of hydrogen-bond acceptors (Lipinski definition) is 3. The predicted molar refractivity (Wildman–Crippen MR) is 80.7 cm³/mol. The fourth-order valence-electron chi connectivity index (χ4n) is 3.89. The molecular weight excluding hydrogens is 266 g/mol. The minimum atomic E-state index is 0.154. The second-order valence-electron chi connectivity index (χ2n) is 6.85. The first-order valence-corrected chi connectivity index (χ1v) is 8.43. The van der Waals surface area contributed by atoms with Gasteiger partial charge in [-0.25, -0.2) is 0 Å². The van der Waals surface area contributed by atoms with E-state index in [1.54, 1.807) is 6.92 Å². The molecule has 0 spiro atoms. The third-order valence-electron chi connectivity index (χ3n) is 5.19. The van der Waals surface area contributed by atoms with E-state index >= 15 is 0 Å². The van der Waals surface area contributed by atoms with Crippen molar-refractivity contribution in [2.24, 2.45) is 5.92 Å². The van der Waals surface area contributed by atoms with Crippen LogP contribution in [-0.4, -0.2) is 59.9 Å². The number of carbonyl (C=O) groups is 2. The van der Waals surface area contributed by atoms with Crippen LogP contribution in [0.1, 0.15) is 45.4 Å². The van der Waals surface area contributed by atoms with Crippen molar-refractivity contribution in [3.63, 3.8) is 0 Å². The van der Waals surface area contributed by atoms with Gasteiger partial charge in [0, 0.05) is 32.1 Å². The van der Waals surface area contributed by atoms with Gasteiger partial charge in [-0.15, -0.1) is 0 Å². The number of rotatable bonds is 5. The molecular formula is C16H27N3O2. The molecule has 0 unspecified atom stereocenters. The lowest BCUT2D eigenvalue weighted by molar-refractivity contribution is -0.130. The van der Waals surface area contributed by atoms with Gasteiger partial charge < -0.3 is 10.2 Å². The smallest absolute Gasteiger partial charge is 0.234 e. The summed E-state index contributed by atoms with van der Waals surface area (Å²) in [5.74, 6) is 1.06. The summed E-state index contributed by atoms with van der Waals surface area (Å²) in [4.78, 5) is 28.1. The highest BCUT2D eigenvalue weighted by atomic mass is 16.2. The normalized spacial score (nSPS) is 29.9. The molecule has 0 aromatic carbocycles. The number of amides is 2. The van der Waals surface area contributed by atoms with Gasteiger partial charge in [-0.2, -0.15) is 0 Å². The lowest BCUT2D eigenvalue weighted by atomic mass is 10.0. The summed E-state index contributed by atoms with van der Waals surface area (Å²) in [6.45, 7) is 4.89. The molecule has 1 saturated carbocycles. The van der Waals surface area contributed by atoms with Gasteiger partial charge in [-0.3, -0.25) is 14.5 Å². The average Bonchev–Trinajstić information content (AvgIpc) is 2.96. The SMILES string of the molecule is CC(=O)N1CCC[C@@H]1[C@H]1CCCN1CC(=O)NCC1CC1. The van der Waals surface area contributed by atoms with Crippen LogP contribution in [0.15, 0.2) is 0 Å². The zero-order valence-corrected chi connectivity index (χ0v) is 13.0. The minimum Gasteiger partial charge on any atom is -0.355 e. The van der Waals surface area contributed by atoms with Crippen LogP contribution in [0.5, 0.6) is 0 Å². The Morgan fingerprint density at radius 3 is 2.48 bits per heavy atom. The second-order valence-corrected chi connectivity index (χ2v) is 6.85. The van der Waals surface area contributed by atoms with Gasteiger partial charge in [0.2, 0.25) is 11.8 Å². The van der Waals surface area contributed by atoms with E-state index in [-0.39, 0.29) is 11.8 Å². The quantitative estimate of drug-likeness (QED) is 0.822. The summed E-state index contributed by atoms with van der Waals surface area (Å²) in [5, 5.41) is 3.06. The molecule has 0 radical (unpaired) electrons. The van der Waals surface area contributed by atoms with Crippen LogP contribution in [0.2, 0.25) is 0 Å². The zero-order valence-electron chi connectivity index (χ0n) is 13.0. The fourth-order valence-corrected chi connectivity index (χ4v) is 3.89. The topological polar surface area (TPSA) is 52.7 Å². The van der Waals surface area contributed by atoms with Crippen LogP contribution >= 0.6 is 0 Å². The van der Waals surface area contributed by atoms with E-state index in [9.17, 15) is 9.59 Å². The van der Waals surface area contributed by atoms with Gasteiger partial charge in [0.1, 0.15) is 0 Å². The molecule has 118 valence electrons. The van der Waals surface area contributed by atoms with E-state index in [2.05, 4.69) is 10.2 Å². The van der Waals surface area contributed by atoms with Crippen molar-refractivity contribution in [1.82, 2.24) is 15.1 Å². The zero-order chi connectivity index (χ0) is 14.8. The van der Waals surface area contributed by atoms with Crippen molar-refractivity contribution in [2.45, 2.75) is 57.5 Å². The van der Waals surface area contributed by atoms with Gasteiger partial charge in [-0.1, -0.05) is 0 Å². The molecule has 0 aromatic rings. The Kier molecular flexibility index (Phi) is 4.48. The Morgan fingerprint density at radius 2 is 1.76 bits per heavy atom. The summed E-state index contributed by atoms with van der Waals surface area (Å²) in [7, 11) is 0. The highest BCUT2D eigenvalue weighted by Gasteiger charge is 2.39. The number of nitrogens with zero attached hydrogens (tertiary/aromatic N) is 2. The summed E-state index contributed by atoms with van der Waals surface area (Å²) in [6.07, 6.45) is 6.98. The molecule has 0 aromatic heterocycles. The van der Waals surface area contributed by atoms with Crippen LogP contribution in [0, 0.1) is 5.92 Å². The van der Waals surface area contributed by atoms with E-state index in [0.717, 1.165) is 51.2 Å². The maximum Gasteiger partial charge on any atom is 0.234 e. The van der Waals surface area contributed by atoms with Crippen molar-refractivity contribution < 1.29 is 9.59 Å². The molecule has 3 aliphatic rings. The molecule has 2 heterocycles. The molecule has 21 heavy (non-hydrogen) atoms. The molecule has 5 heteroatoms. The summed E-state index contributed by atoms with van der Waals surface area (Å²) >= 11 is 0. The van der Waals surface area contributed by atoms with Crippen molar-refractivity contribution in [2.75, 3.05) is 26.2 Å². The maximum atomic E-state index is 12.1. The van der Waals surface area contributed by atoms with Crippen LogP contribution in [0.25, 0.3) is 0 Å². The fraction of sp³-hybridized carbons (Fsp3) is 0.875. The van der Waals surface area contributed by atoms with E-state index in [1.807, 2.05) is 4.90 Å². The van der Waals surface area contributed by atoms with Crippen LogP contribution in [-0.2, 0) is 9.59 Å². The number of likely N-dealkylation sites (tertiary alicyclic amines) is 2. The van der Waals surface area contributed by atoms with E-state index in [1.165, 1.54) is 12.8 Å². The Hall–Kier alpha value is -1.10. The van der Waals surface area contributed by atoms with Crippen LogP contribution in [0.3, 0.4) is 0 Å². The summed E-state index contributed by atoms with van der Waals surface area (Å²) in [5.41, 5.74) is 0. The molecule has 1 aliphatic carbocycles. The molecule has 1 N–H and O–H groups in total. The Labute approximate surface area is 127 Å². The van der Waals surface area contributed by atoms with Crippen molar-refractivity contribution in [3.8, 4) is 0 Å². The molecule has 0 bridgehead atoms. The second kappa shape index (κ2) is 6.34. The first-order valence-electron chi connectivity index (χ1n) is 8.43. The molecule has 5 nitrogen and oxygen atoms in total. The summed E-state index contributed by atoms with van der Waals surface area (Å²) < 4.78 is 0. The standard InChI is InChI=1S/C16H27N3O2/c1-12(20)19-9-3-5-15(19)14-4-2-8-18(14)11-16(21)17-10-13-6-7-13/h13-15H,2-11H2,1H3,(H,17,21)/t14-,15-/m1/s1. The molecule has 3 fully saturated rings. The number of nitrogens with one attached hydrogen (secondary N) is 1. The highest BCUT2D eigenvalue weighted by Crippen LogP contribution is 2.30. The molecule has 2 aliphatic heterocycles. The molecule has 3 rings (SSSR count). The first-order chi connectivity index (χ1) is 10.1. The van der Waals surface area contributed by atoms with E-state index in [4.69, 9.17) is 0 Å². The Balaban J connectivity index is 1.54. The predicted octanol–water partition coefficient (Wildman–Crippen LogP) is 0.988. The third-order valence-corrected chi connectivity index (χ3v) is 5.19. The van der Waals surface area contributed by atoms with Gasteiger partial charge in [-0.05, 0) is 51.0 Å². The average molecular weight is 293 g/mol. The molecule has 2 saturated heterocycles. The number of carbonyl (C=O) groups excluding carboxylic acids is 2. The largest absolute Gasteiger partial charge is 0.355 e. The maximum absolute atomic E-state index is 12.1. The van der Waals surface area contributed by atoms with Crippen LogP contribution in [0.4, 0.5) is 0 Å². The van der Waals surface area contributed by atoms with Gasteiger partial charge in [0.15, 0.2) is 0 Å². The Bertz CT molecular complexity index is 408. The van der Waals surface area contributed by atoms with Gasteiger partial charge >= 0.3 is 0 Å². The van der Waals surface area contributed by atoms with Gasteiger partial charge in [0.25, 0.3) is 0 Å². The third kappa shape index (κ3) is 3.57. The summed E-state index contributed by atoms with van der Waals surface area (Å²) in [6, 6.07) is 0.698. The monoisotopic (exact) mass is 293 g/mol.